The summed E-state index contributed by atoms with van der Waals surface area (Å²) in [6, 6.07) is 10.4. The summed E-state index contributed by atoms with van der Waals surface area (Å²) < 4.78 is 13.7. The third-order valence-electron chi connectivity index (χ3n) is 6.96. The number of aromatic nitrogens is 1. The van der Waals surface area contributed by atoms with Crippen LogP contribution in [0.15, 0.2) is 42.6 Å². The number of carbonyl (C=O) groups excluding carboxylic acids is 1. The van der Waals surface area contributed by atoms with Crippen molar-refractivity contribution in [2.75, 3.05) is 10.6 Å². The number of hydrogen-bond donors (Lipinski definition) is 2. The molecule has 1 amide bonds. The highest BCUT2D eigenvalue weighted by Crippen LogP contribution is 2.60. The number of halogens is 1. The van der Waals surface area contributed by atoms with E-state index < -0.39 is 0 Å². The molecule has 4 aliphatic carbocycles. The highest BCUT2D eigenvalue weighted by Gasteiger charge is 2.54. The SMILES string of the molecule is O=C(Nc1ccc(NCc2ccccc2F)nc1)C12CC3CC(CC(C3)C1)C2. The molecule has 4 nitrogen and oxygen atoms in total. The van der Waals surface area contributed by atoms with Gasteiger partial charge in [0, 0.05) is 12.1 Å². The monoisotopic (exact) mass is 379 g/mol. The third kappa shape index (κ3) is 3.27. The van der Waals surface area contributed by atoms with Crippen LogP contribution in [0.25, 0.3) is 0 Å². The second-order valence-corrected chi connectivity index (χ2v) is 9.03. The predicted molar refractivity (Wildman–Crippen MR) is 107 cm³/mol. The van der Waals surface area contributed by atoms with Gasteiger partial charge in [0.15, 0.2) is 0 Å². The van der Waals surface area contributed by atoms with Crippen molar-refractivity contribution in [1.82, 2.24) is 4.98 Å². The Bertz CT molecular complexity index is 844. The van der Waals surface area contributed by atoms with Gasteiger partial charge in [0.2, 0.25) is 5.91 Å². The minimum atomic E-state index is -0.227. The molecule has 4 aliphatic rings. The van der Waals surface area contributed by atoms with Crippen LogP contribution in [-0.4, -0.2) is 10.9 Å². The molecule has 28 heavy (non-hydrogen) atoms. The lowest BCUT2D eigenvalue weighted by Crippen LogP contribution is -2.51. The fourth-order valence-electron chi connectivity index (χ4n) is 6.05. The molecular weight excluding hydrogens is 353 g/mol. The molecule has 0 atom stereocenters. The van der Waals surface area contributed by atoms with Gasteiger partial charge in [-0.05, 0) is 74.5 Å². The Kier molecular flexibility index (Phi) is 4.33. The Balaban J connectivity index is 1.22. The fraction of sp³-hybridized carbons (Fsp3) is 0.478. The number of hydrogen-bond acceptors (Lipinski definition) is 3. The quantitative estimate of drug-likeness (QED) is 0.770. The first-order valence-corrected chi connectivity index (χ1v) is 10.3. The van der Waals surface area contributed by atoms with Crippen LogP contribution in [0.1, 0.15) is 44.1 Å². The zero-order valence-electron chi connectivity index (χ0n) is 16.0. The topological polar surface area (TPSA) is 54.0 Å². The molecule has 4 bridgehead atoms. The van der Waals surface area contributed by atoms with Gasteiger partial charge in [0.05, 0.1) is 17.3 Å². The Morgan fingerprint density at radius 1 is 1.04 bits per heavy atom. The van der Waals surface area contributed by atoms with Crippen molar-refractivity contribution < 1.29 is 9.18 Å². The summed E-state index contributed by atoms with van der Waals surface area (Å²) in [5, 5.41) is 6.25. The van der Waals surface area contributed by atoms with E-state index in [2.05, 4.69) is 15.6 Å². The zero-order chi connectivity index (χ0) is 19.1. The van der Waals surface area contributed by atoms with Gasteiger partial charge in [-0.25, -0.2) is 9.37 Å². The first-order chi connectivity index (χ1) is 13.6. The minimum Gasteiger partial charge on any atom is -0.366 e. The van der Waals surface area contributed by atoms with Gasteiger partial charge in [0.25, 0.3) is 0 Å². The van der Waals surface area contributed by atoms with Crippen LogP contribution in [0.5, 0.6) is 0 Å². The number of rotatable bonds is 5. The normalized spacial score (nSPS) is 30.2. The number of benzene rings is 1. The Labute approximate surface area is 164 Å². The maximum atomic E-state index is 13.7. The van der Waals surface area contributed by atoms with Crippen LogP contribution < -0.4 is 10.6 Å². The summed E-state index contributed by atoms with van der Waals surface area (Å²) in [4.78, 5) is 17.5. The number of carbonyl (C=O) groups is 1. The van der Waals surface area contributed by atoms with E-state index in [4.69, 9.17) is 0 Å². The van der Waals surface area contributed by atoms with E-state index in [1.165, 1.54) is 25.3 Å². The minimum absolute atomic E-state index is 0.156. The van der Waals surface area contributed by atoms with Crippen LogP contribution >= 0.6 is 0 Å². The predicted octanol–water partition coefficient (Wildman–Crippen LogP) is 4.99. The van der Waals surface area contributed by atoms with Crippen molar-refractivity contribution in [3.8, 4) is 0 Å². The molecule has 4 fully saturated rings. The van der Waals surface area contributed by atoms with Crippen LogP contribution in [0.4, 0.5) is 15.9 Å². The highest BCUT2D eigenvalue weighted by atomic mass is 19.1. The molecule has 0 saturated heterocycles. The molecule has 4 saturated carbocycles. The van der Waals surface area contributed by atoms with Crippen LogP contribution in [0, 0.1) is 29.0 Å². The molecule has 5 heteroatoms. The van der Waals surface area contributed by atoms with Gasteiger partial charge in [-0.1, -0.05) is 18.2 Å². The molecule has 2 aromatic rings. The number of nitrogens with one attached hydrogen (secondary N) is 2. The second-order valence-electron chi connectivity index (χ2n) is 9.03. The molecule has 146 valence electrons. The molecular formula is C23H26FN3O. The number of amides is 1. The van der Waals surface area contributed by atoms with Crippen LogP contribution in [0.3, 0.4) is 0 Å². The average Bonchev–Trinajstić information content (AvgIpc) is 2.67. The van der Waals surface area contributed by atoms with Gasteiger partial charge in [0.1, 0.15) is 11.6 Å². The van der Waals surface area contributed by atoms with E-state index in [-0.39, 0.29) is 17.1 Å². The van der Waals surface area contributed by atoms with Crippen molar-refractivity contribution in [3.63, 3.8) is 0 Å². The van der Waals surface area contributed by atoms with Crippen LogP contribution in [-0.2, 0) is 11.3 Å². The van der Waals surface area contributed by atoms with Crippen molar-refractivity contribution in [2.24, 2.45) is 23.2 Å². The molecule has 2 N–H and O–H groups in total. The van der Waals surface area contributed by atoms with E-state index in [1.54, 1.807) is 18.3 Å². The summed E-state index contributed by atoms with van der Waals surface area (Å²) in [6.07, 6.45) is 8.84. The summed E-state index contributed by atoms with van der Waals surface area (Å²) >= 11 is 0. The average molecular weight is 379 g/mol. The van der Waals surface area contributed by atoms with Crippen molar-refractivity contribution in [1.29, 1.82) is 0 Å². The Morgan fingerprint density at radius 2 is 1.71 bits per heavy atom. The van der Waals surface area contributed by atoms with Gasteiger partial charge < -0.3 is 10.6 Å². The fourth-order valence-corrected chi connectivity index (χ4v) is 6.05. The molecule has 1 aromatic carbocycles. The van der Waals surface area contributed by atoms with Crippen LogP contribution in [0.2, 0.25) is 0 Å². The second kappa shape index (κ2) is 6.87. The van der Waals surface area contributed by atoms with Crippen molar-refractivity contribution in [3.05, 3.63) is 54.0 Å². The maximum Gasteiger partial charge on any atom is 0.230 e. The molecule has 0 spiro atoms. The first kappa shape index (κ1) is 17.7. The Hall–Kier alpha value is -2.43. The van der Waals surface area contributed by atoms with E-state index in [9.17, 15) is 9.18 Å². The van der Waals surface area contributed by atoms with Crippen molar-refractivity contribution >= 4 is 17.4 Å². The first-order valence-electron chi connectivity index (χ1n) is 10.3. The summed E-state index contributed by atoms with van der Waals surface area (Å²) in [7, 11) is 0. The van der Waals surface area contributed by atoms with Gasteiger partial charge >= 0.3 is 0 Å². The lowest BCUT2D eigenvalue weighted by molar-refractivity contribution is -0.140. The number of nitrogens with zero attached hydrogens (tertiary/aromatic N) is 1. The van der Waals surface area contributed by atoms with E-state index >= 15 is 0 Å². The zero-order valence-corrected chi connectivity index (χ0v) is 16.0. The molecule has 1 heterocycles. The molecule has 0 aliphatic heterocycles. The summed E-state index contributed by atoms with van der Waals surface area (Å²) in [5.41, 5.74) is 1.18. The van der Waals surface area contributed by atoms with Gasteiger partial charge in [-0.15, -0.1) is 0 Å². The molecule has 1 aromatic heterocycles. The van der Waals surface area contributed by atoms with E-state index in [0.29, 0.717) is 17.9 Å². The van der Waals surface area contributed by atoms with Gasteiger partial charge in [-0.2, -0.15) is 0 Å². The number of pyridine rings is 1. The third-order valence-corrected chi connectivity index (χ3v) is 6.96. The largest absolute Gasteiger partial charge is 0.366 e. The summed E-state index contributed by atoms with van der Waals surface area (Å²) in [6.45, 7) is 0.374. The Morgan fingerprint density at radius 3 is 2.32 bits per heavy atom. The highest BCUT2D eigenvalue weighted by molar-refractivity contribution is 5.95. The molecule has 6 rings (SSSR count). The summed E-state index contributed by atoms with van der Waals surface area (Å²) in [5.74, 6) is 2.87. The molecule has 0 radical (unpaired) electrons. The van der Waals surface area contributed by atoms with E-state index in [0.717, 1.165) is 42.7 Å². The maximum absolute atomic E-state index is 13.7. The van der Waals surface area contributed by atoms with E-state index in [1.807, 2.05) is 18.2 Å². The lowest BCUT2D eigenvalue weighted by Gasteiger charge is -2.55. The molecule has 0 unspecified atom stereocenters. The standard InChI is InChI=1S/C23H26FN3O/c24-20-4-2-1-3-18(20)13-25-21-6-5-19(14-26-21)27-22(28)23-10-15-7-16(11-23)9-17(8-15)12-23/h1-6,14-17H,7-13H2,(H,25,26)(H,27,28). The smallest absolute Gasteiger partial charge is 0.230 e. The van der Waals surface area contributed by atoms with Crippen molar-refractivity contribution in [2.45, 2.75) is 45.1 Å². The lowest BCUT2D eigenvalue weighted by atomic mass is 9.49. The van der Waals surface area contributed by atoms with Gasteiger partial charge in [-0.3, -0.25) is 4.79 Å². The number of anilines is 2.